The lowest BCUT2D eigenvalue weighted by atomic mass is 10.0. The van der Waals surface area contributed by atoms with Gasteiger partial charge in [-0.05, 0) is 24.8 Å². The highest BCUT2D eigenvalue weighted by molar-refractivity contribution is 5.81. The Morgan fingerprint density at radius 1 is 1.24 bits per heavy atom. The van der Waals surface area contributed by atoms with Crippen molar-refractivity contribution in [1.29, 1.82) is 0 Å². The molecule has 0 aromatic heterocycles. The van der Waals surface area contributed by atoms with Crippen molar-refractivity contribution in [2.45, 2.75) is 44.2 Å². The van der Waals surface area contributed by atoms with Crippen LogP contribution in [-0.4, -0.2) is 39.6 Å². The van der Waals surface area contributed by atoms with Crippen LogP contribution in [0.1, 0.15) is 43.8 Å². The van der Waals surface area contributed by atoms with E-state index in [2.05, 4.69) is 0 Å². The average Bonchev–Trinajstić information content (AvgIpc) is 2.93. The van der Waals surface area contributed by atoms with Crippen molar-refractivity contribution in [2.75, 3.05) is 6.54 Å². The number of likely N-dealkylation sites (tertiary alicyclic amines) is 1. The number of rotatable bonds is 6. The van der Waals surface area contributed by atoms with Crippen molar-refractivity contribution in [3.05, 3.63) is 35.9 Å². The molecule has 2 unspecified atom stereocenters. The first kappa shape index (κ1) is 15.5. The molecule has 0 saturated carbocycles. The summed E-state index contributed by atoms with van der Waals surface area (Å²) in [7, 11) is 0. The minimum atomic E-state index is -0.955. The summed E-state index contributed by atoms with van der Waals surface area (Å²) in [5, 5.41) is 18.9. The molecule has 1 saturated heterocycles. The quantitative estimate of drug-likeness (QED) is 0.840. The van der Waals surface area contributed by atoms with Gasteiger partial charge in [-0.3, -0.25) is 9.59 Å². The van der Waals surface area contributed by atoms with Crippen LogP contribution < -0.4 is 0 Å². The number of aliphatic hydroxyl groups is 1. The van der Waals surface area contributed by atoms with Crippen molar-refractivity contribution in [2.24, 2.45) is 0 Å². The second-order valence-electron chi connectivity index (χ2n) is 5.44. The summed E-state index contributed by atoms with van der Waals surface area (Å²) in [6.07, 6.45) is 1.58. The zero-order valence-electron chi connectivity index (χ0n) is 11.9. The lowest BCUT2D eigenvalue weighted by molar-refractivity contribution is -0.141. The molecule has 1 aliphatic heterocycles. The van der Waals surface area contributed by atoms with E-state index in [4.69, 9.17) is 5.11 Å². The number of benzene rings is 1. The molecule has 1 aromatic rings. The lowest BCUT2D eigenvalue weighted by Crippen LogP contribution is -2.36. The van der Waals surface area contributed by atoms with E-state index in [1.807, 2.05) is 30.3 Å². The number of carboxylic acid groups (broad SMARTS) is 1. The van der Waals surface area contributed by atoms with Crippen molar-refractivity contribution in [1.82, 2.24) is 4.90 Å². The van der Waals surface area contributed by atoms with Gasteiger partial charge in [0.2, 0.25) is 5.91 Å². The summed E-state index contributed by atoms with van der Waals surface area (Å²) in [5.41, 5.74) is 0.849. The average molecular weight is 291 g/mol. The summed E-state index contributed by atoms with van der Waals surface area (Å²) in [5.74, 6) is -1.08. The van der Waals surface area contributed by atoms with Gasteiger partial charge in [0.1, 0.15) is 0 Å². The fraction of sp³-hybridized carbons (Fsp3) is 0.500. The predicted octanol–water partition coefficient (Wildman–Crippen LogP) is 1.97. The third-order valence-corrected chi connectivity index (χ3v) is 3.93. The topological polar surface area (TPSA) is 77.8 Å². The smallest absolute Gasteiger partial charge is 0.303 e. The van der Waals surface area contributed by atoms with E-state index in [1.54, 1.807) is 4.90 Å². The molecule has 5 nitrogen and oxygen atoms in total. The minimum absolute atomic E-state index is 0.00139. The number of carboxylic acids is 1. The van der Waals surface area contributed by atoms with E-state index >= 15 is 0 Å². The molecule has 0 spiro atoms. The summed E-state index contributed by atoms with van der Waals surface area (Å²) in [4.78, 5) is 24.3. The number of hydrogen-bond acceptors (Lipinski definition) is 3. The SMILES string of the molecule is O=C(O)CCC(=O)N1CCCC1CC(O)c1ccccc1. The number of amides is 1. The number of hydrogen-bond donors (Lipinski definition) is 2. The molecule has 1 amide bonds. The number of aliphatic hydroxyl groups excluding tert-OH is 1. The molecule has 0 radical (unpaired) electrons. The maximum Gasteiger partial charge on any atom is 0.303 e. The van der Waals surface area contributed by atoms with Gasteiger partial charge in [-0.15, -0.1) is 0 Å². The van der Waals surface area contributed by atoms with E-state index in [-0.39, 0.29) is 24.8 Å². The van der Waals surface area contributed by atoms with Gasteiger partial charge < -0.3 is 15.1 Å². The van der Waals surface area contributed by atoms with E-state index < -0.39 is 12.1 Å². The second kappa shape index (κ2) is 7.22. The van der Waals surface area contributed by atoms with E-state index in [0.29, 0.717) is 13.0 Å². The van der Waals surface area contributed by atoms with Crippen LogP contribution in [0.2, 0.25) is 0 Å². The monoisotopic (exact) mass is 291 g/mol. The molecule has 2 atom stereocenters. The molecule has 2 rings (SSSR count). The molecular formula is C16H21NO4. The van der Waals surface area contributed by atoms with Crippen LogP contribution in [0.4, 0.5) is 0 Å². The molecule has 0 aliphatic carbocycles. The molecule has 1 aromatic carbocycles. The Morgan fingerprint density at radius 2 is 1.95 bits per heavy atom. The van der Waals surface area contributed by atoms with Gasteiger partial charge >= 0.3 is 5.97 Å². The second-order valence-corrected chi connectivity index (χ2v) is 5.44. The normalized spacial score (nSPS) is 19.5. The van der Waals surface area contributed by atoms with Crippen LogP contribution in [-0.2, 0) is 9.59 Å². The molecule has 21 heavy (non-hydrogen) atoms. The summed E-state index contributed by atoms with van der Waals surface area (Å²) < 4.78 is 0. The zero-order chi connectivity index (χ0) is 15.2. The van der Waals surface area contributed by atoms with Gasteiger partial charge in [-0.2, -0.15) is 0 Å². The molecule has 1 fully saturated rings. The maximum absolute atomic E-state index is 12.1. The summed E-state index contributed by atoms with van der Waals surface area (Å²) >= 11 is 0. The first-order valence-corrected chi connectivity index (χ1v) is 7.32. The van der Waals surface area contributed by atoms with E-state index in [0.717, 1.165) is 18.4 Å². The Morgan fingerprint density at radius 3 is 2.62 bits per heavy atom. The molecule has 2 N–H and O–H groups in total. The fourth-order valence-corrected chi connectivity index (χ4v) is 2.84. The number of nitrogens with zero attached hydrogens (tertiary/aromatic N) is 1. The van der Waals surface area contributed by atoms with Crippen molar-refractivity contribution < 1.29 is 19.8 Å². The molecule has 1 aliphatic rings. The maximum atomic E-state index is 12.1. The summed E-state index contributed by atoms with van der Waals surface area (Å²) in [6, 6.07) is 9.40. The van der Waals surface area contributed by atoms with Crippen LogP contribution in [0.3, 0.4) is 0 Å². The van der Waals surface area contributed by atoms with Crippen LogP contribution in [0.5, 0.6) is 0 Å². The van der Waals surface area contributed by atoms with Gasteiger partial charge in [0.15, 0.2) is 0 Å². The molecule has 1 heterocycles. The Kier molecular flexibility index (Phi) is 5.33. The Bertz CT molecular complexity index is 488. The van der Waals surface area contributed by atoms with Crippen LogP contribution in [0.15, 0.2) is 30.3 Å². The first-order valence-electron chi connectivity index (χ1n) is 7.32. The van der Waals surface area contributed by atoms with E-state index in [9.17, 15) is 14.7 Å². The third kappa shape index (κ3) is 4.29. The van der Waals surface area contributed by atoms with Gasteiger partial charge in [0.05, 0.1) is 12.5 Å². The van der Waals surface area contributed by atoms with Gasteiger partial charge in [0.25, 0.3) is 0 Å². The molecular weight excluding hydrogens is 270 g/mol. The molecule has 5 heteroatoms. The first-order chi connectivity index (χ1) is 10.1. The Hall–Kier alpha value is -1.88. The van der Waals surface area contributed by atoms with Gasteiger partial charge in [-0.25, -0.2) is 0 Å². The van der Waals surface area contributed by atoms with Crippen LogP contribution in [0, 0.1) is 0 Å². The minimum Gasteiger partial charge on any atom is -0.481 e. The highest BCUT2D eigenvalue weighted by Gasteiger charge is 2.30. The van der Waals surface area contributed by atoms with Crippen molar-refractivity contribution in [3.63, 3.8) is 0 Å². The predicted molar refractivity (Wildman–Crippen MR) is 77.6 cm³/mol. The van der Waals surface area contributed by atoms with Crippen molar-refractivity contribution in [3.8, 4) is 0 Å². The zero-order valence-corrected chi connectivity index (χ0v) is 11.9. The highest BCUT2D eigenvalue weighted by atomic mass is 16.4. The number of carbonyl (C=O) groups is 2. The van der Waals surface area contributed by atoms with Gasteiger partial charge in [-0.1, -0.05) is 30.3 Å². The number of carbonyl (C=O) groups excluding carboxylic acids is 1. The number of aliphatic carboxylic acids is 1. The third-order valence-electron chi connectivity index (χ3n) is 3.93. The van der Waals surface area contributed by atoms with Crippen LogP contribution >= 0.6 is 0 Å². The molecule has 114 valence electrons. The van der Waals surface area contributed by atoms with Crippen molar-refractivity contribution >= 4 is 11.9 Å². The highest BCUT2D eigenvalue weighted by Crippen LogP contribution is 2.27. The Labute approximate surface area is 124 Å². The molecule has 0 bridgehead atoms. The van der Waals surface area contributed by atoms with E-state index in [1.165, 1.54) is 0 Å². The summed E-state index contributed by atoms with van der Waals surface area (Å²) in [6.45, 7) is 0.657. The lowest BCUT2D eigenvalue weighted by Gasteiger charge is -2.26. The Balaban J connectivity index is 1.92. The fourth-order valence-electron chi connectivity index (χ4n) is 2.84. The largest absolute Gasteiger partial charge is 0.481 e. The van der Waals surface area contributed by atoms with Gasteiger partial charge in [0, 0.05) is 19.0 Å². The van der Waals surface area contributed by atoms with Crippen LogP contribution in [0.25, 0.3) is 0 Å². The standard InChI is InChI=1S/C16H21NO4/c18-14(12-5-2-1-3-6-12)11-13-7-4-10-17(13)15(19)8-9-16(20)21/h1-3,5-6,13-14,18H,4,7-11H2,(H,20,21).